The highest BCUT2D eigenvalue weighted by molar-refractivity contribution is 5.42. The molecule has 0 heterocycles. The lowest BCUT2D eigenvalue weighted by molar-refractivity contribution is 0.108. The summed E-state index contributed by atoms with van der Waals surface area (Å²) in [5.74, 6) is 1.34. The van der Waals surface area contributed by atoms with Crippen LogP contribution in [0.4, 0.5) is 0 Å². The third kappa shape index (κ3) is 3.27. The molecule has 1 unspecified atom stereocenters. The van der Waals surface area contributed by atoms with Crippen LogP contribution in [0.3, 0.4) is 0 Å². The van der Waals surface area contributed by atoms with E-state index < -0.39 is 0 Å². The summed E-state index contributed by atoms with van der Waals surface area (Å²) in [6, 6.07) is 5.40. The smallest absolute Gasteiger partial charge is 0.128 e. The fourth-order valence-electron chi connectivity index (χ4n) is 1.49. The summed E-state index contributed by atoms with van der Waals surface area (Å²) < 4.78 is 15.6. The summed E-state index contributed by atoms with van der Waals surface area (Å²) in [5.41, 5.74) is 9.14. The van der Waals surface area contributed by atoms with Gasteiger partial charge < -0.3 is 14.2 Å². The minimum Gasteiger partial charge on any atom is -0.497 e. The molecule has 0 saturated heterocycles. The summed E-state index contributed by atoms with van der Waals surface area (Å²) in [7, 11) is 4.71. The maximum Gasteiger partial charge on any atom is 0.128 e. The number of hydrogen-bond donors (Lipinski definition) is 0. The molecule has 0 radical (unpaired) electrons. The summed E-state index contributed by atoms with van der Waals surface area (Å²) in [4.78, 5) is 2.72. The monoisotopic (exact) mass is 237 g/mol. The van der Waals surface area contributed by atoms with Gasteiger partial charge in [0.05, 0.1) is 26.9 Å². The third-order valence-electron chi connectivity index (χ3n) is 2.38. The average Bonchev–Trinajstić information content (AvgIpc) is 2.39. The Kier molecular flexibility index (Phi) is 5.13. The van der Waals surface area contributed by atoms with Gasteiger partial charge in [-0.15, -0.1) is 0 Å². The molecule has 0 amide bonds. The van der Waals surface area contributed by atoms with Gasteiger partial charge in [-0.25, -0.2) is 0 Å². The molecule has 1 aromatic rings. The Hall–Kier alpha value is -1.91. The Morgan fingerprint density at radius 2 is 2.06 bits per heavy atom. The van der Waals surface area contributed by atoms with Gasteiger partial charge in [-0.05, 0) is 17.7 Å². The van der Waals surface area contributed by atoms with Crippen molar-refractivity contribution in [3.8, 4) is 11.5 Å². The molecule has 0 aliphatic heterocycles. The fraction of sp³-hybridized carbons (Fsp3) is 0.455. The molecule has 1 rings (SSSR count). The molecule has 92 valence electrons. The molecule has 0 bridgehead atoms. The maximum atomic E-state index is 8.32. The first-order valence-corrected chi connectivity index (χ1v) is 5.02. The molecule has 6 heteroatoms. The van der Waals surface area contributed by atoms with Crippen LogP contribution in [-0.4, -0.2) is 27.9 Å². The Labute approximate surface area is 99.7 Å². The van der Waals surface area contributed by atoms with Gasteiger partial charge in [0, 0.05) is 23.7 Å². The van der Waals surface area contributed by atoms with E-state index in [4.69, 9.17) is 19.7 Å². The summed E-state index contributed by atoms with van der Waals surface area (Å²) in [6.45, 7) is 0.218. The van der Waals surface area contributed by atoms with Crippen molar-refractivity contribution in [2.24, 2.45) is 5.11 Å². The Morgan fingerprint density at radius 1 is 1.29 bits per heavy atom. The molecule has 0 saturated carbocycles. The zero-order valence-electron chi connectivity index (χ0n) is 10.1. The second-order valence-electron chi connectivity index (χ2n) is 3.25. The summed E-state index contributed by atoms with van der Waals surface area (Å²) in [6.07, 6.45) is -0.327. The van der Waals surface area contributed by atoms with Gasteiger partial charge in [-0.2, -0.15) is 0 Å². The second kappa shape index (κ2) is 6.62. The van der Waals surface area contributed by atoms with Crippen molar-refractivity contribution in [2.75, 3.05) is 27.9 Å². The zero-order valence-corrected chi connectivity index (χ0v) is 10.1. The van der Waals surface area contributed by atoms with Crippen LogP contribution in [0.1, 0.15) is 11.7 Å². The van der Waals surface area contributed by atoms with Gasteiger partial charge in [0.2, 0.25) is 0 Å². The molecule has 0 aromatic heterocycles. The quantitative estimate of drug-likeness (QED) is 0.433. The van der Waals surface area contributed by atoms with E-state index in [9.17, 15) is 0 Å². The normalized spacial score (nSPS) is 11.5. The predicted molar refractivity (Wildman–Crippen MR) is 63.3 cm³/mol. The lowest BCUT2D eigenvalue weighted by atomic mass is 10.1. The molecular formula is C11H15N3O3. The lowest BCUT2D eigenvalue weighted by Gasteiger charge is -2.17. The number of hydrogen-bond acceptors (Lipinski definition) is 4. The first-order chi connectivity index (χ1) is 8.26. The molecule has 0 aliphatic carbocycles. The van der Waals surface area contributed by atoms with Crippen LogP contribution in [0.2, 0.25) is 0 Å². The molecule has 1 aromatic carbocycles. The van der Waals surface area contributed by atoms with Crippen LogP contribution in [-0.2, 0) is 4.74 Å². The van der Waals surface area contributed by atoms with E-state index >= 15 is 0 Å². The standard InChI is InChI=1S/C11H15N3O3/c1-15-8-4-5-9(10(6-8)16-2)11(17-3)7-13-14-12/h4-6,11H,7H2,1-3H3. The highest BCUT2D eigenvalue weighted by Crippen LogP contribution is 2.31. The van der Waals surface area contributed by atoms with E-state index in [0.29, 0.717) is 11.5 Å². The van der Waals surface area contributed by atoms with Crippen molar-refractivity contribution in [1.29, 1.82) is 0 Å². The number of ether oxygens (including phenoxy) is 3. The number of rotatable bonds is 6. The van der Waals surface area contributed by atoms with Crippen molar-refractivity contribution in [3.05, 3.63) is 34.2 Å². The third-order valence-corrected chi connectivity index (χ3v) is 2.38. The van der Waals surface area contributed by atoms with Gasteiger partial charge in [0.15, 0.2) is 0 Å². The fourth-order valence-corrected chi connectivity index (χ4v) is 1.49. The Morgan fingerprint density at radius 3 is 2.59 bits per heavy atom. The molecular weight excluding hydrogens is 222 g/mol. The van der Waals surface area contributed by atoms with Gasteiger partial charge in [0.25, 0.3) is 0 Å². The molecule has 6 nitrogen and oxygen atoms in total. The first kappa shape index (κ1) is 13.2. The van der Waals surface area contributed by atoms with Crippen molar-refractivity contribution in [2.45, 2.75) is 6.10 Å². The number of azide groups is 1. The van der Waals surface area contributed by atoms with Crippen molar-refractivity contribution in [1.82, 2.24) is 0 Å². The van der Waals surface area contributed by atoms with Crippen LogP contribution in [0, 0.1) is 0 Å². The van der Waals surface area contributed by atoms with E-state index in [1.807, 2.05) is 6.07 Å². The Bertz CT molecular complexity index is 416. The molecule has 0 spiro atoms. The van der Waals surface area contributed by atoms with E-state index in [0.717, 1.165) is 5.56 Å². The second-order valence-corrected chi connectivity index (χ2v) is 3.25. The van der Waals surface area contributed by atoms with Crippen LogP contribution in [0.15, 0.2) is 23.3 Å². The van der Waals surface area contributed by atoms with Crippen LogP contribution in [0.25, 0.3) is 10.4 Å². The highest BCUT2D eigenvalue weighted by atomic mass is 16.5. The minimum atomic E-state index is -0.327. The van der Waals surface area contributed by atoms with Crippen LogP contribution < -0.4 is 9.47 Å². The minimum absolute atomic E-state index is 0.218. The Balaban J connectivity index is 3.04. The average molecular weight is 237 g/mol. The maximum absolute atomic E-state index is 8.32. The molecule has 0 fully saturated rings. The number of benzene rings is 1. The highest BCUT2D eigenvalue weighted by Gasteiger charge is 2.15. The molecule has 0 aliphatic rings. The van der Waals surface area contributed by atoms with Crippen molar-refractivity contribution < 1.29 is 14.2 Å². The SMILES string of the molecule is COc1ccc(C(CN=[N+]=[N-])OC)c(OC)c1. The molecule has 0 N–H and O–H groups in total. The topological polar surface area (TPSA) is 76.5 Å². The predicted octanol–water partition coefficient (Wildman–Crippen LogP) is 2.70. The van der Waals surface area contributed by atoms with Gasteiger partial charge in [0.1, 0.15) is 11.5 Å². The van der Waals surface area contributed by atoms with E-state index in [1.165, 1.54) is 0 Å². The number of methoxy groups -OCH3 is 3. The van der Waals surface area contributed by atoms with Gasteiger partial charge >= 0.3 is 0 Å². The molecule has 17 heavy (non-hydrogen) atoms. The van der Waals surface area contributed by atoms with Crippen molar-refractivity contribution in [3.63, 3.8) is 0 Å². The summed E-state index contributed by atoms with van der Waals surface area (Å²) >= 11 is 0. The first-order valence-electron chi connectivity index (χ1n) is 5.02. The van der Waals surface area contributed by atoms with E-state index in [2.05, 4.69) is 10.0 Å². The van der Waals surface area contributed by atoms with Crippen molar-refractivity contribution >= 4 is 0 Å². The lowest BCUT2D eigenvalue weighted by Crippen LogP contribution is -2.07. The largest absolute Gasteiger partial charge is 0.497 e. The van der Waals surface area contributed by atoms with E-state index in [1.54, 1.807) is 33.5 Å². The number of nitrogens with zero attached hydrogens (tertiary/aromatic N) is 3. The zero-order chi connectivity index (χ0) is 12.7. The molecule has 1 atom stereocenters. The van der Waals surface area contributed by atoms with Gasteiger partial charge in [-0.3, -0.25) is 0 Å². The van der Waals surface area contributed by atoms with Gasteiger partial charge in [-0.1, -0.05) is 5.11 Å². The van der Waals surface area contributed by atoms with Crippen LogP contribution in [0.5, 0.6) is 11.5 Å². The summed E-state index contributed by atoms with van der Waals surface area (Å²) in [5, 5.41) is 3.51. The van der Waals surface area contributed by atoms with Crippen LogP contribution >= 0.6 is 0 Å². The van der Waals surface area contributed by atoms with E-state index in [-0.39, 0.29) is 12.6 Å².